The van der Waals surface area contributed by atoms with Crippen molar-refractivity contribution >= 4 is 16.7 Å². The van der Waals surface area contributed by atoms with Gasteiger partial charge in [0.05, 0.1) is 11.1 Å². The van der Waals surface area contributed by atoms with Gasteiger partial charge in [-0.15, -0.1) is 0 Å². The summed E-state index contributed by atoms with van der Waals surface area (Å²) in [5, 5.41) is 4.52. The van der Waals surface area contributed by atoms with Crippen molar-refractivity contribution in [2.45, 2.75) is 18.4 Å². The lowest BCUT2D eigenvalue weighted by Gasteiger charge is -2.36. The molecule has 134 valence electrons. The van der Waals surface area contributed by atoms with Crippen LogP contribution in [0.25, 0.3) is 22.3 Å². The molecular weight excluding hydrogens is 328 g/mol. The number of hydrogen-bond acceptors (Lipinski definition) is 6. The van der Waals surface area contributed by atoms with Gasteiger partial charge < -0.3 is 14.8 Å². The van der Waals surface area contributed by atoms with E-state index in [9.17, 15) is 0 Å². The number of aromatic nitrogens is 3. The van der Waals surface area contributed by atoms with Crippen LogP contribution in [0.4, 0.5) is 5.82 Å². The van der Waals surface area contributed by atoms with Crippen LogP contribution in [0.3, 0.4) is 0 Å². The van der Waals surface area contributed by atoms with E-state index in [0.717, 1.165) is 48.3 Å². The molecule has 0 aliphatic carbocycles. The Morgan fingerprint density at radius 1 is 1.08 bits per heavy atom. The van der Waals surface area contributed by atoms with Crippen molar-refractivity contribution in [2.75, 3.05) is 32.2 Å². The highest BCUT2D eigenvalue weighted by atomic mass is 16.5. The van der Waals surface area contributed by atoms with Crippen molar-refractivity contribution in [2.24, 2.45) is 0 Å². The molecule has 0 atom stereocenters. The van der Waals surface area contributed by atoms with Gasteiger partial charge >= 0.3 is 0 Å². The van der Waals surface area contributed by atoms with E-state index in [1.165, 1.54) is 0 Å². The van der Waals surface area contributed by atoms with E-state index in [0.29, 0.717) is 12.4 Å². The Kier molecular flexibility index (Phi) is 4.77. The summed E-state index contributed by atoms with van der Waals surface area (Å²) < 4.78 is 11.3. The van der Waals surface area contributed by atoms with Gasteiger partial charge in [-0.1, -0.05) is 12.1 Å². The molecule has 0 radical (unpaired) electrons. The lowest BCUT2D eigenvalue weighted by molar-refractivity contribution is -0.0807. The minimum atomic E-state index is -0.221. The SMILES string of the molecule is COC1(CNc2nc(-c3ccncc3)nc3ccccc23)CCOCC1. The van der Waals surface area contributed by atoms with Gasteiger partial charge in [-0.3, -0.25) is 4.98 Å². The third-order valence-electron chi connectivity index (χ3n) is 4.96. The van der Waals surface area contributed by atoms with E-state index in [1.54, 1.807) is 19.5 Å². The molecule has 3 heterocycles. The van der Waals surface area contributed by atoms with Crippen LogP contribution < -0.4 is 5.32 Å². The zero-order valence-corrected chi connectivity index (χ0v) is 14.8. The van der Waals surface area contributed by atoms with Crippen molar-refractivity contribution in [3.63, 3.8) is 0 Å². The molecule has 0 saturated carbocycles. The first-order valence-corrected chi connectivity index (χ1v) is 8.84. The van der Waals surface area contributed by atoms with Crippen molar-refractivity contribution in [3.8, 4) is 11.4 Å². The Balaban J connectivity index is 1.69. The number of anilines is 1. The number of ether oxygens (including phenoxy) is 2. The average molecular weight is 350 g/mol. The van der Waals surface area contributed by atoms with Gasteiger partial charge in [-0.05, 0) is 24.3 Å². The lowest BCUT2D eigenvalue weighted by Crippen LogP contribution is -2.44. The average Bonchev–Trinajstić information content (AvgIpc) is 2.73. The number of fused-ring (bicyclic) bond motifs is 1. The maximum Gasteiger partial charge on any atom is 0.162 e. The van der Waals surface area contributed by atoms with Crippen LogP contribution in [-0.2, 0) is 9.47 Å². The highest BCUT2D eigenvalue weighted by Gasteiger charge is 2.32. The summed E-state index contributed by atoms with van der Waals surface area (Å²) in [6.45, 7) is 2.13. The second kappa shape index (κ2) is 7.35. The molecule has 0 unspecified atom stereocenters. The quantitative estimate of drug-likeness (QED) is 0.761. The summed E-state index contributed by atoms with van der Waals surface area (Å²) in [6, 6.07) is 11.9. The first-order valence-electron chi connectivity index (χ1n) is 8.84. The molecule has 0 amide bonds. The first-order chi connectivity index (χ1) is 12.8. The number of nitrogens with zero attached hydrogens (tertiary/aromatic N) is 3. The highest BCUT2D eigenvalue weighted by molar-refractivity contribution is 5.90. The normalized spacial score (nSPS) is 16.5. The van der Waals surface area contributed by atoms with Gasteiger partial charge in [-0.2, -0.15) is 0 Å². The first kappa shape index (κ1) is 16.9. The van der Waals surface area contributed by atoms with E-state index in [2.05, 4.69) is 10.3 Å². The van der Waals surface area contributed by atoms with E-state index >= 15 is 0 Å². The number of nitrogens with one attached hydrogen (secondary N) is 1. The van der Waals surface area contributed by atoms with Crippen LogP contribution in [0.5, 0.6) is 0 Å². The van der Waals surface area contributed by atoms with Crippen LogP contribution in [0.2, 0.25) is 0 Å². The molecule has 2 aromatic heterocycles. The molecule has 3 aromatic rings. The number of rotatable bonds is 5. The predicted octanol–water partition coefficient (Wildman–Crippen LogP) is 3.30. The molecule has 0 bridgehead atoms. The van der Waals surface area contributed by atoms with Crippen LogP contribution in [0.1, 0.15) is 12.8 Å². The Morgan fingerprint density at radius 2 is 1.85 bits per heavy atom. The number of para-hydroxylation sites is 1. The summed E-state index contributed by atoms with van der Waals surface area (Å²) in [6.07, 6.45) is 5.25. The second-order valence-electron chi connectivity index (χ2n) is 6.50. The van der Waals surface area contributed by atoms with E-state index < -0.39 is 0 Å². The van der Waals surface area contributed by atoms with Gasteiger partial charge in [-0.25, -0.2) is 9.97 Å². The van der Waals surface area contributed by atoms with Gasteiger partial charge in [0, 0.05) is 63.1 Å². The minimum absolute atomic E-state index is 0.221. The van der Waals surface area contributed by atoms with E-state index in [4.69, 9.17) is 19.4 Å². The van der Waals surface area contributed by atoms with Crippen LogP contribution >= 0.6 is 0 Å². The number of pyridine rings is 1. The summed E-state index contributed by atoms with van der Waals surface area (Å²) in [4.78, 5) is 13.6. The Labute approximate surface area is 152 Å². The molecule has 26 heavy (non-hydrogen) atoms. The van der Waals surface area contributed by atoms with Crippen molar-refractivity contribution < 1.29 is 9.47 Å². The molecule has 0 spiro atoms. The Bertz CT molecular complexity index is 879. The summed E-state index contributed by atoms with van der Waals surface area (Å²) in [5.74, 6) is 1.51. The standard InChI is InChI=1S/C20H22N4O2/c1-25-20(8-12-26-13-9-20)14-22-19-16-4-2-3-5-17(16)23-18(24-19)15-6-10-21-11-7-15/h2-7,10-11H,8-9,12-14H2,1H3,(H,22,23,24). The molecule has 6 nitrogen and oxygen atoms in total. The smallest absolute Gasteiger partial charge is 0.162 e. The number of hydrogen-bond donors (Lipinski definition) is 1. The molecule has 1 N–H and O–H groups in total. The molecule has 1 saturated heterocycles. The second-order valence-corrected chi connectivity index (χ2v) is 6.50. The lowest BCUT2D eigenvalue weighted by atomic mass is 9.94. The third kappa shape index (κ3) is 3.38. The molecule has 1 aromatic carbocycles. The fourth-order valence-electron chi connectivity index (χ4n) is 3.28. The molecule has 1 aliphatic heterocycles. The maximum atomic E-state index is 5.83. The van der Waals surface area contributed by atoms with Crippen LogP contribution in [0, 0.1) is 0 Å². The van der Waals surface area contributed by atoms with Gasteiger partial charge in [0.25, 0.3) is 0 Å². The fraction of sp³-hybridized carbons (Fsp3) is 0.350. The molecular formula is C20H22N4O2. The minimum Gasteiger partial charge on any atom is -0.381 e. The van der Waals surface area contributed by atoms with E-state index in [1.807, 2.05) is 36.4 Å². The zero-order valence-electron chi connectivity index (χ0n) is 14.8. The van der Waals surface area contributed by atoms with Gasteiger partial charge in [0.2, 0.25) is 0 Å². The predicted molar refractivity (Wildman–Crippen MR) is 101 cm³/mol. The monoisotopic (exact) mass is 350 g/mol. The number of benzene rings is 1. The summed E-state index contributed by atoms with van der Waals surface area (Å²) >= 11 is 0. The third-order valence-corrected chi connectivity index (χ3v) is 4.96. The van der Waals surface area contributed by atoms with Crippen LogP contribution in [-0.4, -0.2) is 47.4 Å². The molecule has 1 aliphatic rings. The topological polar surface area (TPSA) is 69.2 Å². The summed E-state index contributed by atoms with van der Waals surface area (Å²) in [5.41, 5.74) is 1.64. The summed E-state index contributed by atoms with van der Waals surface area (Å²) in [7, 11) is 1.77. The van der Waals surface area contributed by atoms with Crippen molar-refractivity contribution in [1.29, 1.82) is 0 Å². The largest absolute Gasteiger partial charge is 0.381 e. The van der Waals surface area contributed by atoms with Crippen molar-refractivity contribution in [3.05, 3.63) is 48.8 Å². The molecule has 1 fully saturated rings. The van der Waals surface area contributed by atoms with E-state index in [-0.39, 0.29) is 5.60 Å². The number of methoxy groups -OCH3 is 1. The Morgan fingerprint density at radius 3 is 2.62 bits per heavy atom. The van der Waals surface area contributed by atoms with Gasteiger partial charge in [0.15, 0.2) is 5.82 Å². The zero-order chi connectivity index (χ0) is 17.8. The Hall–Kier alpha value is -2.57. The molecule has 4 rings (SSSR count). The van der Waals surface area contributed by atoms with Gasteiger partial charge in [0.1, 0.15) is 5.82 Å². The van der Waals surface area contributed by atoms with Crippen molar-refractivity contribution in [1.82, 2.24) is 15.0 Å². The molecule has 6 heteroatoms. The fourth-order valence-corrected chi connectivity index (χ4v) is 3.28. The highest BCUT2D eigenvalue weighted by Crippen LogP contribution is 2.28. The van der Waals surface area contributed by atoms with Crippen LogP contribution in [0.15, 0.2) is 48.8 Å². The maximum absolute atomic E-state index is 5.83.